The predicted octanol–water partition coefficient (Wildman–Crippen LogP) is 0.969. The molecule has 1 fully saturated rings. The smallest absolute Gasteiger partial charge is 0.317 e. The number of hydrogen-bond acceptors (Lipinski definition) is 3. The minimum atomic E-state index is -0.0781. The van der Waals surface area contributed by atoms with Gasteiger partial charge in [0.25, 0.3) is 0 Å². The van der Waals surface area contributed by atoms with Crippen molar-refractivity contribution in [3.63, 3.8) is 0 Å². The molecule has 0 aromatic carbocycles. The Labute approximate surface area is 103 Å². The molecule has 1 aliphatic rings. The average molecular weight is 244 g/mol. The van der Waals surface area contributed by atoms with Gasteiger partial charge in [0.1, 0.15) is 0 Å². The zero-order valence-electron chi connectivity index (χ0n) is 10.7. The number of nitrogens with one attached hydrogen (secondary N) is 1. The van der Waals surface area contributed by atoms with Gasteiger partial charge in [-0.2, -0.15) is 0 Å². The first-order chi connectivity index (χ1) is 8.27. The zero-order chi connectivity index (χ0) is 12.5. The molecule has 0 aromatic rings. The molecular formula is C12H24N2O3. The quantitative estimate of drug-likeness (QED) is 0.656. The number of carbonyl (C=O) groups excluding carboxylic acids is 1. The molecule has 0 aliphatic carbocycles. The highest BCUT2D eigenvalue weighted by molar-refractivity contribution is 5.74. The number of amides is 2. The van der Waals surface area contributed by atoms with Crippen molar-refractivity contribution in [2.24, 2.45) is 0 Å². The standard InChI is InChI=1S/C12H24N2O3/c1-2-3-4-6-14(7-8-15)12(16)13-11-5-9-17-10-11/h11,15H,2-10H2,1H3,(H,13,16). The van der Waals surface area contributed by atoms with Crippen LogP contribution in [0.2, 0.25) is 0 Å². The van der Waals surface area contributed by atoms with Crippen molar-refractivity contribution in [2.75, 3.05) is 32.9 Å². The molecule has 2 N–H and O–H groups in total. The molecule has 5 nitrogen and oxygen atoms in total. The summed E-state index contributed by atoms with van der Waals surface area (Å²) in [6, 6.07) is 0.0560. The van der Waals surface area contributed by atoms with E-state index in [4.69, 9.17) is 9.84 Å². The van der Waals surface area contributed by atoms with Gasteiger partial charge in [-0.3, -0.25) is 0 Å². The van der Waals surface area contributed by atoms with Crippen LogP contribution in [0.3, 0.4) is 0 Å². The number of urea groups is 1. The van der Waals surface area contributed by atoms with Crippen LogP contribution in [0.5, 0.6) is 0 Å². The monoisotopic (exact) mass is 244 g/mol. The van der Waals surface area contributed by atoms with E-state index in [9.17, 15) is 4.79 Å². The van der Waals surface area contributed by atoms with E-state index < -0.39 is 0 Å². The van der Waals surface area contributed by atoms with Crippen molar-refractivity contribution in [1.82, 2.24) is 10.2 Å². The van der Waals surface area contributed by atoms with Crippen LogP contribution >= 0.6 is 0 Å². The molecular weight excluding hydrogens is 220 g/mol. The van der Waals surface area contributed by atoms with Crippen molar-refractivity contribution in [1.29, 1.82) is 0 Å². The molecule has 0 saturated carbocycles. The van der Waals surface area contributed by atoms with Crippen LogP contribution in [0.15, 0.2) is 0 Å². The third-order valence-electron chi connectivity index (χ3n) is 2.95. The normalized spacial score (nSPS) is 19.3. The lowest BCUT2D eigenvalue weighted by Gasteiger charge is -2.24. The zero-order valence-corrected chi connectivity index (χ0v) is 10.7. The largest absolute Gasteiger partial charge is 0.395 e. The number of aliphatic hydroxyl groups is 1. The summed E-state index contributed by atoms with van der Waals surface area (Å²) < 4.78 is 5.21. The topological polar surface area (TPSA) is 61.8 Å². The van der Waals surface area contributed by atoms with E-state index in [0.717, 1.165) is 32.3 Å². The van der Waals surface area contributed by atoms with Gasteiger partial charge in [0, 0.05) is 19.7 Å². The Bertz CT molecular complexity index is 218. The van der Waals surface area contributed by atoms with E-state index in [1.54, 1.807) is 4.90 Å². The third-order valence-corrected chi connectivity index (χ3v) is 2.95. The summed E-state index contributed by atoms with van der Waals surface area (Å²) in [6.45, 7) is 4.60. The molecule has 1 heterocycles. The van der Waals surface area contributed by atoms with Gasteiger partial charge in [0.15, 0.2) is 0 Å². The Morgan fingerprint density at radius 1 is 1.47 bits per heavy atom. The first-order valence-electron chi connectivity index (χ1n) is 6.52. The molecule has 5 heteroatoms. The van der Waals surface area contributed by atoms with Crippen molar-refractivity contribution in [3.8, 4) is 0 Å². The molecule has 0 radical (unpaired) electrons. The van der Waals surface area contributed by atoms with Gasteiger partial charge in [0.2, 0.25) is 0 Å². The third kappa shape index (κ3) is 5.37. The Morgan fingerprint density at radius 3 is 2.88 bits per heavy atom. The minimum Gasteiger partial charge on any atom is -0.395 e. The van der Waals surface area contributed by atoms with E-state index in [1.807, 2.05) is 0 Å². The van der Waals surface area contributed by atoms with Crippen LogP contribution < -0.4 is 5.32 Å². The number of unbranched alkanes of at least 4 members (excludes halogenated alkanes) is 2. The van der Waals surface area contributed by atoms with Gasteiger partial charge in [-0.25, -0.2) is 4.79 Å². The lowest BCUT2D eigenvalue weighted by atomic mass is 10.2. The summed E-state index contributed by atoms with van der Waals surface area (Å²) >= 11 is 0. The molecule has 0 aromatic heterocycles. The number of hydrogen-bond donors (Lipinski definition) is 2. The van der Waals surface area contributed by atoms with Crippen LogP contribution in [0.1, 0.15) is 32.6 Å². The summed E-state index contributed by atoms with van der Waals surface area (Å²) in [7, 11) is 0. The molecule has 0 bridgehead atoms. The maximum atomic E-state index is 11.9. The highest BCUT2D eigenvalue weighted by Gasteiger charge is 2.20. The van der Waals surface area contributed by atoms with Gasteiger partial charge >= 0.3 is 6.03 Å². The van der Waals surface area contributed by atoms with Crippen LogP contribution in [0.4, 0.5) is 4.79 Å². The Balaban J connectivity index is 2.30. The number of rotatable bonds is 7. The van der Waals surface area contributed by atoms with Crippen molar-refractivity contribution in [2.45, 2.75) is 38.6 Å². The second kappa shape index (κ2) is 8.31. The van der Waals surface area contributed by atoms with Gasteiger partial charge in [-0.05, 0) is 12.8 Å². The first kappa shape index (κ1) is 14.3. The van der Waals surface area contributed by atoms with Gasteiger partial charge < -0.3 is 20.1 Å². The fraction of sp³-hybridized carbons (Fsp3) is 0.917. The molecule has 100 valence electrons. The second-order valence-corrected chi connectivity index (χ2v) is 4.43. The fourth-order valence-electron chi connectivity index (χ4n) is 1.90. The lowest BCUT2D eigenvalue weighted by Crippen LogP contribution is -2.46. The van der Waals surface area contributed by atoms with Gasteiger partial charge in [0.05, 0.1) is 19.3 Å². The summed E-state index contributed by atoms with van der Waals surface area (Å²) in [4.78, 5) is 13.6. The molecule has 1 rings (SSSR count). The summed E-state index contributed by atoms with van der Waals surface area (Å²) in [5.74, 6) is 0. The SMILES string of the molecule is CCCCCN(CCO)C(=O)NC1CCOC1. The van der Waals surface area contributed by atoms with E-state index in [2.05, 4.69) is 12.2 Å². The number of carbonyl (C=O) groups is 1. The molecule has 17 heavy (non-hydrogen) atoms. The molecule has 1 aliphatic heterocycles. The highest BCUT2D eigenvalue weighted by atomic mass is 16.5. The van der Waals surface area contributed by atoms with E-state index >= 15 is 0 Å². The average Bonchev–Trinajstić information content (AvgIpc) is 2.81. The number of ether oxygens (including phenoxy) is 1. The second-order valence-electron chi connectivity index (χ2n) is 4.43. The van der Waals surface area contributed by atoms with Crippen LogP contribution in [0, 0.1) is 0 Å². The number of nitrogens with zero attached hydrogens (tertiary/aromatic N) is 1. The summed E-state index contributed by atoms with van der Waals surface area (Å²) in [5, 5.41) is 11.9. The van der Waals surface area contributed by atoms with Crippen LogP contribution in [-0.2, 0) is 4.74 Å². The number of aliphatic hydroxyl groups excluding tert-OH is 1. The lowest BCUT2D eigenvalue weighted by molar-refractivity contribution is 0.166. The van der Waals surface area contributed by atoms with Crippen molar-refractivity contribution in [3.05, 3.63) is 0 Å². The molecule has 1 atom stereocenters. The van der Waals surface area contributed by atoms with E-state index in [1.165, 1.54) is 0 Å². The Morgan fingerprint density at radius 2 is 2.29 bits per heavy atom. The molecule has 2 amide bonds. The molecule has 0 spiro atoms. The molecule has 1 unspecified atom stereocenters. The summed E-state index contributed by atoms with van der Waals surface area (Å²) in [5.41, 5.74) is 0. The van der Waals surface area contributed by atoms with Crippen molar-refractivity contribution >= 4 is 6.03 Å². The Kier molecular flexibility index (Phi) is 6.96. The van der Waals surface area contributed by atoms with Crippen LogP contribution in [0.25, 0.3) is 0 Å². The highest BCUT2D eigenvalue weighted by Crippen LogP contribution is 2.05. The van der Waals surface area contributed by atoms with E-state index in [0.29, 0.717) is 19.7 Å². The van der Waals surface area contributed by atoms with E-state index in [-0.39, 0.29) is 18.7 Å². The Hall–Kier alpha value is -0.810. The summed E-state index contributed by atoms with van der Waals surface area (Å²) in [6.07, 6.45) is 4.12. The van der Waals surface area contributed by atoms with Gasteiger partial charge in [-0.1, -0.05) is 19.8 Å². The first-order valence-corrected chi connectivity index (χ1v) is 6.52. The predicted molar refractivity (Wildman–Crippen MR) is 65.9 cm³/mol. The maximum absolute atomic E-state index is 11.9. The molecule has 1 saturated heterocycles. The van der Waals surface area contributed by atoms with Crippen LogP contribution in [-0.4, -0.2) is 55.0 Å². The maximum Gasteiger partial charge on any atom is 0.317 e. The minimum absolute atomic E-state index is 0.0146. The van der Waals surface area contributed by atoms with Gasteiger partial charge in [-0.15, -0.1) is 0 Å². The fourth-order valence-corrected chi connectivity index (χ4v) is 1.90. The van der Waals surface area contributed by atoms with Crippen molar-refractivity contribution < 1.29 is 14.6 Å².